The number of hydrogen-bond acceptors (Lipinski definition) is 4. The highest BCUT2D eigenvalue weighted by Crippen LogP contribution is 2.22. The van der Waals surface area contributed by atoms with Crippen LogP contribution in [0.4, 0.5) is 0 Å². The van der Waals surface area contributed by atoms with Crippen molar-refractivity contribution in [2.45, 2.75) is 30.4 Å². The molecular weight excluding hydrogens is 232 g/mol. The molecule has 0 aliphatic carbocycles. The van der Waals surface area contributed by atoms with Gasteiger partial charge < -0.3 is 16.2 Å². The molecule has 4 N–H and O–H groups in total. The van der Waals surface area contributed by atoms with Crippen molar-refractivity contribution in [3.63, 3.8) is 0 Å². The Kier molecular flexibility index (Phi) is 6.58. The molecule has 4 heteroatoms. The zero-order valence-electron chi connectivity index (χ0n) is 10.5. The molecule has 96 valence electrons. The second kappa shape index (κ2) is 7.71. The van der Waals surface area contributed by atoms with Gasteiger partial charge in [0.1, 0.15) is 0 Å². The number of benzene rings is 1. The summed E-state index contributed by atoms with van der Waals surface area (Å²) in [5, 5.41) is 13.1. The van der Waals surface area contributed by atoms with Crippen LogP contribution in [0.5, 0.6) is 0 Å². The van der Waals surface area contributed by atoms with Crippen LogP contribution in [0.1, 0.15) is 25.0 Å². The third kappa shape index (κ3) is 4.68. The fourth-order valence-corrected chi connectivity index (χ4v) is 2.31. The van der Waals surface area contributed by atoms with Gasteiger partial charge in [0.15, 0.2) is 0 Å². The minimum atomic E-state index is -0.580. The van der Waals surface area contributed by atoms with Gasteiger partial charge in [-0.1, -0.05) is 19.1 Å². The molecule has 0 aromatic heterocycles. The van der Waals surface area contributed by atoms with Gasteiger partial charge in [-0.25, -0.2) is 0 Å². The van der Waals surface area contributed by atoms with E-state index in [1.165, 1.54) is 4.90 Å². The minimum Gasteiger partial charge on any atom is -0.387 e. The fourth-order valence-electron chi connectivity index (χ4n) is 1.64. The van der Waals surface area contributed by atoms with E-state index in [-0.39, 0.29) is 6.04 Å². The highest BCUT2D eigenvalue weighted by molar-refractivity contribution is 7.99. The maximum Gasteiger partial charge on any atom is 0.0941 e. The number of aliphatic hydroxyl groups is 1. The number of thioether (sulfide) groups is 1. The molecule has 0 radical (unpaired) electrons. The molecule has 0 amide bonds. The molecule has 0 fully saturated rings. The van der Waals surface area contributed by atoms with Gasteiger partial charge in [-0.3, -0.25) is 0 Å². The number of nitrogens with two attached hydrogens (primary N) is 1. The molecule has 0 spiro atoms. The number of aliphatic hydroxyl groups excluding tert-OH is 1. The lowest BCUT2D eigenvalue weighted by Crippen LogP contribution is -2.31. The van der Waals surface area contributed by atoms with Crippen LogP contribution in [-0.2, 0) is 0 Å². The molecule has 0 saturated carbocycles. The largest absolute Gasteiger partial charge is 0.387 e. The maximum atomic E-state index is 10.1. The lowest BCUT2D eigenvalue weighted by Gasteiger charge is -2.19. The second-order valence-electron chi connectivity index (χ2n) is 4.00. The van der Waals surface area contributed by atoms with Crippen molar-refractivity contribution < 1.29 is 5.11 Å². The van der Waals surface area contributed by atoms with Gasteiger partial charge in [0.05, 0.1) is 6.10 Å². The van der Waals surface area contributed by atoms with E-state index in [9.17, 15) is 5.11 Å². The number of hydrogen-bond donors (Lipinski definition) is 3. The van der Waals surface area contributed by atoms with E-state index in [1.807, 2.05) is 31.3 Å². The Morgan fingerprint density at radius 3 is 2.53 bits per heavy atom. The zero-order chi connectivity index (χ0) is 12.7. The smallest absolute Gasteiger partial charge is 0.0941 e. The Morgan fingerprint density at radius 1 is 1.35 bits per heavy atom. The Hall–Kier alpha value is -0.550. The monoisotopic (exact) mass is 254 g/mol. The second-order valence-corrected chi connectivity index (χ2v) is 5.34. The Morgan fingerprint density at radius 2 is 2.00 bits per heavy atom. The molecule has 0 aliphatic rings. The van der Waals surface area contributed by atoms with E-state index in [1.54, 1.807) is 11.8 Å². The predicted molar refractivity (Wildman–Crippen MR) is 74.3 cm³/mol. The van der Waals surface area contributed by atoms with Gasteiger partial charge in [-0.15, -0.1) is 11.8 Å². The summed E-state index contributed by atoms with van der Waals surface area (Å²) in [6.07, 6.45) is 0.187. The molecule has 0 saturated heterocycles. The standard InChI is InChI=1S/C13H22N2OS/c1-3-17-11-6-4-10(5-7-11)13(16)12(14)8-9-15-2/h4-7,12-13,15-16H,3,8-9,14H2,1-2H3. The van der Waals surface area contributed by atoms with Crippen molar-refractivity contribution in [1.82, 2.24) is 5.32 Å². The molecule has 3 nitrogen and oxygen atoms in total. The topological polar surface area (TPSA) is 58.3 Å². The van der Waals surface area contributed by atoms with Crippen molar-refractivity contribution >= 4 is 11.8 Å². The third-order valence-corrected chi connectivity index (χ3v) is 3.56. The lowest BCUT2D eigenvalue weighted by molar-refractivity contribution is 0.142. The van der Waals surface area contributed by atoms with Crippen molar-refractivity contribution in [2.75, 3.05) is 19.3 Å². The molecule has 0 heterocycles. The van der Waals surface area contributed by atoms with E-state index in [2.05, 4.69) is 12.2 Å². The van der Waals surface area contributed by atoms with Gasteiger partial charge in [-0.2, -0.15) is 0 Å². The normalized spacial score (nSPS) is 14.6. The summed E-state index contributed by atoms with van der Waals surface area (Å²) in [6.45, 7) is 2.95. The fraction of sp³-hybridized carbons (Fsp3) is 0.538. The van der Waals surface area contributed by atoms with Gasteiger partial charge in [-0.05, 0) is 43.5 Å². The first-order chi connectivity index (χ1) is 8.19. The van der Waals surface area contributed by atoms with Gasteiger partial charge in [0, 0.05) is 10.9 Å². The molecule has 17 heavy (non-hydrogen) atoms. The van der Waals surface area contributed by atoms with Crippen molar-refractivity contribution in [1.29, 1.82) is 0 Å². The Bertz CT molecular complexity index is 316. The maximum absolute atomic E-state index is 10.1. The average molecular weight is 254 g/mol. The van der Waals surface area contributed by atoms with E-state index in [4.69, 9.17) is 5.73 Å². The van der Waals surface area contributed by atoms with E-state index in [0.717, 1.165) is 24.3 Å². The highest BCUT2D eigenvalue weighted by atomic mass is 32.2. The van der Waals surface area contributed by atoms with E-state index in [0.29, 0.717) is 0 Å². The number of nitrogens with one attached hydrogen (secondary N) is 1. The van der Waals surface area contributed by atoms with Crippen molar-refractivity contribution in [3.8, 4) is 0 Å². The molecule has 0 bridgehead atoms. The first kappa shape index (κ1) is 14.5. The Labute approximate surface area is 108 Å². The van der Waals surface area contributed by atoms with Gasteiger partial charge in [0.25, 0.3) is 0 Å². The molecule has 0 aliphatic heterocycles. The van der Waals surface area contributed by atoms with E-state index >= 15 is 0 Å². The first-order valence-corrected chi connectivity index (χ1v) is 6.98. The zero-order valence-corrected chi connectivity index (χ0v) is 11.3. The average Bonchev–Trinajstić information content (AvgIpc) is 2.36. The van der Waals surface area contributed by atoms with Crippen molar-refractivity contribution in [2.24, 2.45) is 5.73 Å². The quantitative estimate of drug-likeness (QED) is 0.649. The summed E-state index contributed by atoms with van der Waals surface area (Å²) in [5.41, 5.74) is 6.83. The highest BCUT2D eigenvalue weighted by Gasteiger charge is 2.16. The summed E-state index contributed by atoms with van der Waals surface area (Å²) in [5.74, 6) is 1.06. The predicted octanol–water partition coefficient (Wildman–Crippen LogP) is 1.77. The molecule has 1 rings (SSSR count). The first-order valence-electron chi connectivity index (χ1n) is 6.00. The molecule has 1 aromatic carbocycles. The third-order valence-electron chi connectivity index (χ3n) is 2.67. The minimum absolute atomic E-state index is 0.216. The van der Waals surface area contributed by atoms with Crippen LogP contribution in [0.2, 0.25) is 0 Å². The summed E-state index contributed by atoms with van der Waals surface area (Å²) in [4.78, 5) is 1.23. The summed E-state index contributed by atoms with van der Waals surface area (Å²) >= 11 is 1.80. The number of rotatable bonds is 7. The van der Waals surface area contributed by atoms with Crippen molar-refractivity contribution in [3.05, 3.63) is 29.8 Å². The van der Waals surface area contributed by atoms with Gasteiger partial charge >= 0.3 is 0 Å². The van der Waals surface area contributed by atoms with Crippen LogP contribution in [0, 0.1) is 0 Å². The molecule has 2 atom stereocenters. The lowest BCUT2D eigenvalue weighted by atomic mass is 10.0. The Balaban J connectivity index is 2.58. The molecule has 1 aromatic rings. The van der Waals surface area contributed by atoms with Crippen LogP contribution in [0.15, 0.2) is 29.2 Å². The van der Waals surface area contributed by atoms with Crippen LogP contribution in [0.25, 0.3) is 0 Å². The molecular formula is C13H22N2OS. The van der Waals surface area contributed by atoms with Crippen LogP contribution >= 0.6 is 11.8 Å². The van der Waals surface area contributed by atoms with Crippen LogP contribution in [0.3, 0.4) is 0 Å². The van der Waals surface area contributed by atoms with Crippen LogP contribution in [-0.4, -0.2) is 30.5 Å². The SMILES string of the molecule is CCSc1ccc(C(O)C(N)CCNC)cc1. The summed E-state index contributed by atoms with van der Waals surface area (Å²) in [7, 11) is 1.88. The van der Waals surface area contributed by atoms with E-state index < -0.39 is 6.10 Å². The van der Waals surface area contributed by atoms with Gasteiger partial charge in [0.2, 0.25) is 0 Å². The summed E-state index contributed by atoms with van der Waals surface area (Å²) < 4.78 is 0. The van der Waals surface area contributed by atoms with Crippen LogP contribution < -0.4 is 11.1 Å². The summed E-state index contributed by atoms with van der Waals surface area (Å²) in [6, 6.07) is 7.78. The molecule has 2 unspecified atom stereocenters.